The van der Waals surface area contributed by atoms with Gasteiger partial charge in [-0.2, -0.15) is 0 Å². The minimum Gasteiger partial charge on any atom is -0.475 e. The summed E-state index contributed by atoms with van der Waals surface area (Å²) in [6.45, 7) is 3.15. The van der Waals surface area contributed by atoms with Crippen LogP contribution in [-0.4, -0.2) is 32.9 Å². The summed E-state index contributed by atoms with van der Waals surface area (Å²) in [4.78, 5) is 22.1. The normalized spacial score (nSPS) is 10.4. The van der Waals surface area contributed by atoms with Gasteiger partial charge >= 0.3 is 11.6 Å². The van der Waals surface area contributed by atoms with Crippen LogP contribution < -0.4 is 10.1 Å². The molecule has 0 aliphatic rings. The number of methoxy groups -OCH3 is 1. The maximum absolute atomic E-state index is 11.9. The second-order valence-corrected chi connectivity index (χ2v) is 4.23. The molecule has 2 heterocycles. The third-order valence-corrected chi connectivity index (χ3v) is 2.70. The third kappa shape index (κ3) is 2.99. The molecule has 0 atom stereocenters. The molecule has 2 aromatic heterocycles. The van der Waals surface area contributed by atoms with Gasteiger partial charge in [-0.1, -0.05) is 5.16 Å². The number of hydrogen-bond acceptors (Lipinski definition) is 7. The van der Waals surface area contributed by atoms with Crippen molar-refractivity contribution in [2.45, 2.75) is 20.4 Å². The van der Waals surface area contributed by atoms with Crippen LogP contribution >= 0.6 is 0 Å². The molecular weight excluding hydrogens is 282 g/mol. The standard InChI is InChI=1S/C11H13N5O5/c1-6-10(7(2)21-14-6)12-9(17)5-15-4-8(16(18)19)11(13-15)20-3/h4H,5H2,1-3H3,(H,12,17). The number of rotatable bonds is 5. The molecule has 0 spiro atoms. The molecule has 0 aliphatic carbocycles. The van der Waals surface area contributed by atoms with Crippen molar-refractivity contribution in [3.63, 3.8) is 0 Å². The number of anilines is 1. The summed E-state index contributed by atoms with van der Waals surface area (Å²) in [6, 6.07) is 0. The second kappa shape index (κ2) is 5.61. The molecule has 0 fully saturated rings. The minimum absolute atomic E-state index is 0.148. The van der Waals surface area contributed by atoms with Crippen LogP contribution in [0.3, 0.4) is 0 Å². The van der Waals surface area contributed by atoms with Crippen molar-refractivity contribution in [2.24, 2.45) is 0 Å². The maximum atomic E-state index is 11.9. The average molecular weight is 295 g/mol. The van der Waals surface area contributed by atoms with E-state index in [1.54, 1.807) is 13.8 Å². The average Bonchev–Trinajstić information content (AvgIpc) is 2.97. The van der Waals surface area contributed by atoms with Crippen LogP contribution in [0.25, 0.3) is 0 Å². The van der Waals surface area contributed by atoms with E-state index in [1.807, 2.05) is 0 Å². The van der Waals surface area contributed by atoms with Gasteiger partial charge in [0.05, 0.1) is 12.0 Å². The Kier molecular flexibility index (Phi) is 3.87. The largest absolute Gasteiger partial charge is 0.475 e. The molecule has 0 aromatic carbocycles. The highest BCUT2D eigenvalue weighted by Gasteiger charge is 2.21. The van der Waals surface area contributed by atoms with Crippen molar-refractivity contribution in [2.75, 3.05) is 12.4 Å². The van der Waals surface area contributed by atoms with E-state index in [0.29, 0.717) is 17.1 Å². The second-order valence-electron chi connectivity index (χ2n) is 4.23. The fourth-order valence-corrected chi connectivity index (χ4v) is 1.73. The van der Waals surface area contributed by atoms with Gasteiger partial charge in [0.2, 0.25) is 5.91 Å². The Bertz CT molecular complexity index is 670. The van der Waals surface area contributed by atoms with Gasteiger partial charge in [-0.25, -0.2) is 0 Å². The summed E-state index contributed by atoms with van der Waals surface area (Å²) >= 11 is 0. The number of carbonyl (C=O) groups is 1. The van der Waals surface area contributed by atoms with E-state index in [4.69, 9.17) is 9.26 Å². The zero-order valence-electron chi connectivity index (χ0n) is 11.6. The Morgan fingerprint density at radius 3 is 2.76 bits per heavy atom. The SMILES string of the molecule is COc1nn(CC(=O)Nc2c(C)noc2C)cc1[N+](=O)[O-]. The van der Waals surface area contributed by atoms with Gasteiger partial charge in [0.25, 0.3) is 0 Å². The Hall–Kier alpha value is -2.91. The topological polar surface area (TPSA) is 125 Å². The van der Waals surface area contributed by atoms with E-state index >= 15 is 0 Å². The van der Waals surface area contributed by atoms with Crippen LogP contribution in [-0.2, 0) is 11.3 Å². The summed E-state index contributed by atoms with van der Waals surface area (Å²) in [5.41, 5.74) is 0.723. The monoisotopic (exact) mass is 295 g/mol. The molecule has 0 unspecified atom stereocenters. The van der Waals surface area contributed by atoms with Gasteiger partial charge < -0.3 is 14.6 Å². The minimum atomic E-state index is -0.630. The summed E-state index contributed by atoms with van der Waals surface area (Å²) in [5, 5.41) is 20.9. The van der Waals surface area contributed by atoms with Crippen LogP contribution in [0.1, 0.15) is 11.5 Å². The van der Waals surface area contributed by atoms with Gasteiger partial charge in [-0.15, -0.1) is 5.10 Å². The molecule has 112 valence electrons. The van der Waals surface area contributed by atoms with Gasteiger partial charge in [0.1, 0.15) is 24.1 Å². The zero-order valence-corrected chi connectivity index (χ0v) is 11.6. The molecular formula is C11H13N5O5. The molecule has 0 radical (unpaired) electrons. The van der Waals surface area contributed by atoms with Crippen molar-refractivity contribution in [1.82, 2.24) is 14.9 Å². The number of aromatic nitrogens is 3. The maximum Gasteiger partial charge on any atom is 0.350 e. The lowest BCUT2D eigenvalue weighted by Crippen LogP contribution is -2.19. The highest BCUT2D eigenvalue weighted by molar-refractivity contribution is 5.91. The number of ether oxygens (including phenoxy) is 1. The Labute approximate surface area is 118 Å². The number of nitrogens with one attached hydrogen (secondary N) is 1. The summed E-state index contributed by atoms with van der Waals surface area (Å²) in [5.74, 6) is -0.0838. The molecule has 1 N–H and O–H groups in total. The summed E-state index contributed by atoms with van der Waals surface area (Å²) in [7, 11) is 1.27. The molecule has 2 rings (SSSR count). The molecule has 2 aromatic rings. The van der Waals surface area contributed by atoms with Crippen LogP contribution in [0.2, 0.25) is 0 Å². The van der Waals surface area contributed by atoms with Crippen LogP contribution in [0.5, 0.6) is 5.88 Å². The molecule has 0 aliphatic heterocycles. The molecule has 0 bridgehead atoms. The van der Waals surface area contributed by atoms with E-state index in [0.717, 1.165) is 10.9 Å². The number of aryl methyl sites for hydroxylation is 2. The van der Waals surface area contributed by atoms with E-state index in [-0.39, 0.29) is 18.1 Å². The van der Waals surface area contributed by atoms with Crippen molar-refractivity contribution < 1.29 is 19.0 Å². The van der Waals surface area contributed by atoms with Gasteiger partial charge in [-0.05, 0) is 13.8 Å². The lowest BCUT2D eigenvalue weighted by Gasteiger charge is -2.03. The smallest absolute Gasteiger partial charge is 0.350 e. The lowest BCUT2D eigenvalue weighted by molar-refractivity contribution is -0.385. The first kappa shape index (κ1) is 14.5. The lowest BCUT2D eigenvalue weighted by atomic mass is 10.3. The van der Waals surface area contributed by atoms with E-state index in [9.17, 15) is 14.9 Å². The van der Waals surface area contributed by atoms with Crippen molar-refractivity contribution in [3.8, 4) is 5.88 Å². The number of hydrogen-bond donors (Lipinski definition) is 1. The van der Waals surface area contributed by atoms with Gasteiger partial charge in [-0.3, -0.25) is 19.6 Å². The first-order valence-electron chi connectivity index (χ1n) is 5.91. The summed E-state index contributed by atoms with van der Waals surface area (Å²) < 4.78 is 10.8. The zero-order chi connectivity index (χ0) is 15.6. The Morgan fingerprint density at radius 1 is 1.57 bits per heavy atom. The predicted molar refractivity (Wildman–Crippen MR) is 70.0 cm³/mol. The van der Waals surface area contributed by atoms with Crippen molar-refractivity contribution in [1.29, 1.82) is 0 Å². The quantitative estimate of drug-likeness (QED) is 0.645. The number of carbonyl (C=O) groups excluding carboxylic acids is 1. The first-order chi connectivity index (χ1) is 9.92. The van der Waals surface area contributed by atoms with Crippen molar-refractivity contribution >= 4 is 17.3 Å². The Balaban J connectivity index is 2.11. The number of nitrogens with zero attached hydrogens (tertiary/aromatic N) is 4. The van der Waals surface area contributed by atoms with E-state index in [1.165, 1.54) is 7.11 Å². The molecule has 0 saturated carbocycles. The van der Waals surface area contributed by atoms with Gasteiger partial charge in [0.15, 0.2) is 5.76 Å². The third-order valence-electron chi connectivity index (χ3n) is 2.70. The highest BCUT2D eigenvalue weighted by Crippen LogP contribution is 2.24. The van der Waals surface area contributed by atoms with E-state index < -0.39 is 10.8 Å². The fourth-order valence-electron chi connectivity index (χ4n) is 1.73. The van der Waals surface area contributed by atoms with Crippen LogP contribution in [0.4, 0.5) is 11.4 Å². The number of amides is 1. The predicted octanol–water partition coefficient (Wildman–Crippen LogP) is 1.04. The van der Waals surface area contributed by atoms with Crippen molar-refractivity contribution in [3.05, 3.63) is 27.8 Å². The first-order valence-corrected chi connectivity index (χ1v) is 5.91. The highest BCUT2D eigenvalue weighted by atomic mass is 16.6. The summed E-state index contributed by atoms with van der Waals surface area (Å²) in [6.07, 6.45) is 1.13. The fraction of sp³-hybridized carbons (Fsp3) is 0.364. The van der Waals surface area contributed by atoms with Gasteiger partial charge in [0, 0.05) is 0 Å². The molecule has 21 heavy (non-hydrogen) atoms. The molecule has 10 heteroatoms. The van der Waals surface area contributed by atoms with Crippen LogP contribution in [0.15, 0.2) is 10.7 Å². The van der Waals surface area contributed by atoms with E-state index in [2.05, 4.69) is 15.6 Å². The number of nitro groups is 1. The molecule has 1 amide bonds. The molecule has 0 saturated heterocycles. The van der Waals surface area contributed by atoms with Crippen LogP contribution in [0, 0.1) is 24.0 Å². The molecule has 10 nitrogen and oxygen atoms in total. The Morgan fingerprint density at radius 2 is 2.29 bits per heavy atom.